The molecule has 30 heavy (non-hydrogen) atoms. The van der Waals surface area contributed by atoms with E-state index in [1.807, 2.05) is 6.08 Å². The molecule has 0 spiro atoms. The Morgan fingerprint density at radius 2 is 1.73 bits per heavy atom. The molecule has 1 aliphatic carbocycles. The van der Waals surface area contributed by atoms with Crippen LogP contribution in [-0.2, 0) is 9.59 Å². The van der Waals surface area contributed by atoms with Crippen molar-refractivity contribution in [1.82, 2.24) is 4.90 Å². The summed E-state index contributed by atoms with van der Waals surface area (Å²) < 4.78 is 0. The summed E-state index contributed by atoms with van der Waals surface area (Å²) in [5.74, 6) is -0.326. The minimum atomic E-state index is -0.866. The van der Waals surface area contributed by atoms with Crippen LogP contribution in [0.1, 0.15) is 32.1 Å². The van der Waals surface area contributed by atoms with Crippen molar-refractivity contribution in [3.63, 3.8) is 0 Å². The van der Waals surface area contributed by atoms with Crippen LogP contribution in [0.15, 0.2) is 46.9 Å². The van der Waals surface area contributed by atoms with Gasteiger partial charge in [-0.1, -0.05) is 25.0 Å². The molecule has 0 aromatic heterocycles. The zero-order chi connectivity index (χ0) is 21.1. The van der Waals surface area contributed by atoms with Crippen LogP contribution in [0.3, 0.4) is 0 Å². The number of amides is 3. The molecule has 7 nitrogen and oxygen atoms in total. The van der Waals surface area contributed by atoms with Gasteiger partial charge in [-0.05, 0) is 48.6 Å². The third kappa shape index (κ3) is 4.87. The van der Waals surface area contributed by atoms with Gasteiger partial charge >= 0.3 is 12.0 Å². The van der Waals surface area contributed by atoms with Crippen molar-refractivity contribution in [1.29, 1.82) is 0 Å². The molecule has 8 heteroatoms. The van der Waals surface area contributed by atoms with E-state index in [2.05, 4.69) is 10.6 Å². The zero-order valence-corrected chi connectivity index (χ0v) is 17.4. The number of nitrogens with one attached hydrogen (secondary N) is 2. The van der Waals surface area contributed by atoms with E-state index in [1.54, 1.807) is 35.2 Å². The Morgan fingerprint density at radius 3 is 2.40 bits per heavy atom. The van der Waals surface area contributed by atoms with Crippen LogP contribution >= 0.6 is 11.8 Å². The number of benzene rings is 1. The Labute approximate surface area is 179 Å². The minimum Gasteiger partial charge on any atom is -0.480 e. The molecule has 0 bridgehead atoms. The normalized spacial score (nSPS) is 20.9. The Kier molecular flexibility index (Phi) is 6.13. The number of hydrogen-bond donors (Lipinski definition) is 3. The third-order valence-electron chi connectivity index (χ3n) is 5.68. The number of carboxylic acids is 1. The first-order valence-corrected chi connectivity index (χ1v) is 11.1. The van der Waals surface area contributed by atoms with Crippen molar-refractivity contribution in [3.8, 4) is 0 Å². The number of carbonyl (C=O) groups is 3. The molecule has 0 radical (unpaired) electrons. The monoisotopic (exact) mass is 427 g/mol. The maximum atomic E-state index is 12.6. The van der Waals surface area contributed by atoms with Gasteiger partial charge in [0.25, 0.3) is 0 Å². The molecular formula is C22H25N3O4S. The van der Waals surface area contributed by atoms with Gasteiger partial charge in [-0.2, -0.15) is 0 Å². The van der Waals surface area contributed by atoms with Crippen molar-refractivity contribution in [2.75, 3.05) is 23.7 Å². The van der Waals surface area contributed by atoms with Crippen molar-refractivity contribution in [3.05, 3.63) is 46.9 Å². The zero-order valence-electron chi connectivity index (χ0n) is 16.6. The first-order chi connectivity index (χ1) is 14.5. The fourth-order valence-corrected chi connectivity index (χ4v) is 5.15. The predicted octanol–water partition coefficient (Wildman–Crippen LogP) is 4.06. The number of urea groups is 1. The molecule has 1 atom stereocenters. The number of aliphatic carboxylic acids is 1. The Morgan fingerprint density at radius 1 is 1.07 bits per heavy atom. The molecule has 2 heterocycles. The minimum absolute atomic E-state index is 0.0389. The van der Waals surface area contributed by atoms with Gasteiger partial charge in [-0.15, -0.1) is 11.8 Å². The van der Waals surface area contributed by atoms with E-state index in [-0.39, 0.29) is 11.9 Å². The molecule has 3 aliphatic rings. The average molecular weight is 428 g/mol. The summed E-state index contributed by atoms with van der Waals surface area (Å²) in [7, 11) is 0. The van der Waals surface area contributed by atoms with Crippen molar-refractivity contribution in [2.24, 2.45) is 5.92 Å². The molecule has 1 aromatic rings. The highest BCUT2D eigenvalue weighted by molar-refractivity contribution is 8.05. The molecule has 1 unspecified atom stereocenters. The lowest BCUT2D eigenvalue weighted by atomic mass is 10.0. The van der Waals surface area contributed by atoms with E-state index in [1.165, 1.54) is 24.6 Å². The molecule has 1 aromatic carbocycles. The standard InChI is InChI=1S/C22H25N3O4S/c26-20(11-14-3-1-2-4-14)23-16-5-7-17(8-6-16)24-22(29)25-10-9-18-15(13-25)12-19(30-18)21(27)28/h5-9,12,14,19H,1-4,10-11,13H2,(H,23,26)(H,24,29)(H,27,28). The topological polar surface area (TPSA) is 98.7 Å². The van der Waals surface area contributed by atoms with Crippen LogP contribution in [0.5, 0.6) is 0 Å². The fraction of sp³-hybridized carbons (Fsp3) is 0.409. The number of fused-ring (bicyclic) bond motifs is 1. The number of hydrogen-bond acceptors (Lipinski definition) is 4. The highest BCUT2D eigenvalue weighted by atomic mass is 32.2. The second-order valence-corrected chi connectivity index (χ2v) is 9.11. The average Bonchev–Trinajstić information content (AvgIpc) is 3.38. The number of carboxylic acid groups (broad SMARTS) is 1. The molecule has 3 amide bonds. The van der Waals surface area contributed by atoms with Gasteiger partial charge < -0.3 is 20.6 Å². The number of anilines is 2. The molecule has 3 N–H and O–H groups in total. The fourth-order valence-electron chi connectivity index (χ4n) is 4.09. The smallest absolute Gasteiger partial charge is 0.322 e. The highest BCUT2D eigenvalue weighted by Crippen LogP contribution is 2.39. The third-order valence-corrected chi connectivity index (χ3v) is 6.96. The summed E-state index contributed by atoms with van der Waals surface area (Å²) in [5.41, 5.74) is 2.24. The lowest BCUT2D eigenvalue weighted by molar-refractivity contribution is -0.135. The maximum absolute atomic E-state index is 12.6. The van der Waals surface area contributed by atoms with E-state index in [0.717, 1.165) is 29.0 Å². The van der Waals surface area contributed by atoms with Crippen LogP contribution in [0.2, 0.25) is 0 Å². The van der Waals surface area contributed by atoms with Gasteiger partial charge in [-0.25, -0.2) is 4.79 Å². The second kappa shape index (κ2) is 8.95. The van der Waals surface area contributed by atoms with Crippen molar-refractivity contribution >= 4 is 41.0 Å². The van der Waals surface area contributed by atoms with Crippen molar-refractivity contribution < 1.29 is 19.5 Å². The van der Waals surface area contributed by atoms with E-state index in [9.17, 15) is 14.4 Å². The Balaban J connectivity index is 1.29. The largest absolute Gasteiger partial charge is 0.480 e. The molecular weight excluding hydrogens is 402 g/mol. The molecule has 158 valence electrons. The van der Waals surface area contributed by atoms with Crippen LogP contribution in [-0.4, -0.2) is 46.3 Å². The Hall–Kier alpha value is -2.74. The van der Waals surface area contributed by atoms with E-state index in [4.69, 9.17) is 5.11 Å². The van der Waals surface area contributed by atoms with E-state index < -0.39 is 11.2 Å². The number of rotatable bonds is 5. The van der Waals surface area contributed by atoms with Crippen LogP contribution < -0.4 is 10.6 Å². The molecule has 0 saturated heterocycles. The van der Waals surface area contributed by atoms with Gasteiger partial charge in [0, 0.05) is 35.8 Å². The predicted molar refractivity (Wildman–Crippen MR) is 117 cm³/mol. The molecule has 4 rings (SSSR count). The maximum Gasteiger partial charge on any atom is 0.322 e. The summed E-state index contributed by atoms with van der Waals surface area (Å²) in [6, 6.07) is 6.85. The van der Waals surface area contributed by atoms with Gasteiger partial charge in [0.2, 0.25) is 5.91 Å². The van der Waals surface area contributed by atoms with Gasteiger partial charge in [-0.3, -0.25) is 9.59 Å². The molecule has 2 aliphatic heterocycles. The number of carbonyl (C=O) groups excluding carboxylic acids is 2. The Bertz CT molecular complexity index is 903. The quantitative estimate of drug-likeness (QED) is 0.658. The van der Waals surface area contributed by atoms with Crippen LogP contribution in [0.4, 0.5) is 16.2 Å². The van der Waals surface area contributed by atoms with E-state index in [0.29, 0.717) is 31.1 Å². The number of thioether (sulfide) groups is 1. The molecule has 1 saturated carbocycles. The molecule has 1 fully saturated rings. The highest BCUT2D eigenvalue weighted by Gasteiger charge is 2.31. The van der Waals surface area contributed by atoms with Gasteiger partial charge in [0.05, 0.1) is 0 Å². The van der Waals surface area contributed by atoms with Crippen LogP contribution in [0, 0.1) is 5.92 Å². The number of nitrogens with zero attached hydrogens (tertiary/aromatic N) is 1. The first-order valence-electron chi connectivity index (χ1n) is 10.2. The lowest BCUT2D eigenvalue weighted by Gasteiger charge is -2.26. The van der Waals surface area contributed by atoms with Gasteiger partial charge in [0.1, 0.15) is 5.25 Å². The van der Waals surface area contributed by atoms with Crippen LogP contribution in [0.25, 0.3) is 0 Å². The summed E-state index contributed by atoms with van der Waals surface area (Å²) in [5, 5.41) is 14.4. The van der Waals surface area contributed by atoms with Gasteiger partial charge in [0.15, 0.2) is 0 Å². The van der Waals surface area contributed by atoms with Crippen molar-refractivity contribution in [2.45, 2.75) is 37.4 Å². The summed E-state index contributed by atoms with van der Waals surface area (Å²) in [6.45, 7) is 0.830. The SMILES string of the molecule is O=C(CC1CCCC1)Nc1ccc(NC(=O)N2CC=C3SC(C(=O)O)C=C3C2)cc1. The lowest BCUT2D eigenvalue weighted by Crippen LogP contribution is -2.38. The summed E-state index contributed by atoms with van der Waals surface area (Å²) in [4.78, 5) is 38.5. The second-order valence-electron chi connectivity index (χ2n) is 7.93. The van der Waals surface area contributed by atoms with E-state index >= 15 is 0 Å². The summed E-state index contributed by atoms with van der Waals surface area (Å²) >= 11 is 1.31. The first kappa shape index (κ1) is 20.5. The summed E-state index contributed by atoms with van der Waals surface area (Å²) in [6.07, 6.45) is 8.89.